The summed E-state index contributed by atoms with van der Waals surface area (Å²) in [6, 6.07) is 9.91. The van der Waals surface area contributed by atoms with Gasteiger partial charge in [-0.25, -0.2) is 4.79 Å². The molecule has 0 heterocycles. The van der Waals surface area contributed by atoms with Crippen LogP contribution in [0, 0.1) is 0 Å². The van der Waals surface area contributed by atoms with Crippen molar-refractivity contribution < 1.29 is 9.53 Å². The molecule has 0 saturated carbocycles. The third kappa shape index (κ3) is 4.89. The summed E-state index contributed by atoms with van der Waals surface area (Å²) in [5.41, 5.74) is 0.639. The van der Waals surface area contributed by atoms with Gasteiger partial charge in [-0.05, 0) is 32.8 Å². The maximum Gasteiger partial charge on any atom is 0.408 e. The molecule has 17 heavy (non-hydrogen) atoms. The molecule has 0 aliphatic carbocycles. The van der Waals surface area contributed by atoms with Gasteiger partial charge in [0.2, 0.25) is 0 Å². The molecular weight excluding hydrogens is 214 g/mol. The molecule has 1 rings (SSSR count). The zero-order valence-electron chi connectivity index (χ0n) is 11.0. The van der Waals surface area contributed by atoms with Gasteiger partial charge in [0, 0.05) is 0 Å². The topological polar surface area (TPSA) is 38.3 Å². The Balaban J connectivity index is 2.62. The van der Waals surface area contributed by atoms with E-state index >= 15 is 0 Å². The van der Waals surface area contributed by atoms with E-state index in [4.69, 9.17) is 4.74 Å². The maximum absolute atomic E-state index is 11.7. The van der Waals surface area contributed by atoms with Crippen LogP contribution in [0.2, 0.25) is 0 Å². The Bertz CT molecular complexity index is 354. The molecule has 0 radical (unpaired) electrons. The quantitative estimate of drug-likeness (QED) is 0.868. The predicted molar refractivity (Wildman–Crippen MR) is 68.8 cm³/mol. The zero-order chi connectivity index (χ0) is 12.9. The van der Waals surface area contributed by atoms with Gasteiger partial charge < -0.3 is 10.1 Å². The Labute approximate surface area is 103 Å². The first-order valence-electron chi connectivity index (χ1n) is 5.97. The molecule has 1 unspecified atom stereocenters. The first-order chi connectivity index (χ1) is 7.92. The van der Waals surface area contributed by atoms with Crippen LogP contribution >= 0.6 is 0 Å². The van der Waals surface area contributed by atoms with Crippen LogP contribution in [0.25, 0.3) is 0 Å². The number of ether oxygens (including phenoxy) is 1. The molecule has 1 atom stereocenters. The highest BCUT2D eigenvalue weighted by atomic mass is 16.6. The van der Waals surface area contributed by atoms with E-state index in [2.05, 4.69) is 5.32 Å². The molecule has 3 heteroatoms. The molecule has 0 aromatic heterocycles. The summed E-state index contributed by atoms with van der Waals surface area (Å²) in [5, 5.41) is 2.88. The summed E-state index contributed by atoms with van der Waals surface area (Å²) in [7, 11) is 0. The lowest BCUT2D eigenvalue weighted by Gasteiger charge is -2.23. The largest absolute Gasteiger partial charge is 0.444 e. The first-order valence-corrected chi connectivity index (χ1v) is 5.97. The molecule has 3 nitrogen and oxygen atoms in total. The van der Waals surface area contributed by atoms with Crippen LogP contribution in [-0.4, -0.2) is 11.7 Å². The summed E-state index contributed by atoms with van der Waals surface area (Å²) in [4.78, 5) is 11.7. The number of alkyl carbamates (subject to hydrolysis) is 1. The molecule has 0 fully saturated rings. The standard InChI is InChI=1S/C14H21NO2/c1-5-12(11-9-7-6-8-10-11)15-13(16)17-14(2,3)4/h6-10,12H,5H2,1-4H3,(H,15,16). The van der Waals surface area contributed by atoms with Gasteiger partial charge in [0.05, 0.1) is 6.04 Å². The summed E-state index contributed by atoms with van der Waals surface area (Å²) in [5.74, 6) is 0. The van der Waals surface area contributed by atoms with Crippen LogP contribution in [0.5, 0.6) is 0 Å². The lowest BCUT2D eigenvalue weighted by atomic mass is 10.1. The molecule has 94 valence electrons. The van der Waals surface area contributed by atoms with Crippen molar-refractivity contribution in [2.75, 3.05) is 0 Å². The van der Waals surface area contributed by atoms with Crippen molar-refractivity contribution in [1.29, 1.82) is 0 Å². The monoisotopic (exact) mass is 235 g/mol. The van der Waals surface area contributed by atoms with E-state index in [9.17, 15) is 4.79 Å². The first kappa shape index (κ1) is 13.6. The average molecular weight is 235 g/mol. The second-order valence-electron chi connectivity index (χ2n) is 5.02. The van der Waals surface area contributed by atoms with Crippen molar-refractivity contribution in [2.24, 2.45) is 0 Å². The van der Waals surface area contributed by atoms with E-state index in [1.165, 1.54) is 0 Å². The van der Waals surface area contributed by atoms with E-state index in [-0.39, 0.29) is 12.1 Å². The Morgan fingerprint density at radius 3 is 2.35 bits per heavy atom. The molecule has 1 aromatic rings. The Morgan fingerprint density at radius 2 is 1.88 bits per heavy atom. The lowest BCUT2D eigenvalue weighted by molar-refractivity contribution is 0.0502. The third-order valence-corrected chi connectivity index (χ3v) is 2.30. The Kier molecular flexibility index (Phi) is 4.55. The van der Waals surface area contributed by atoms with Gasteiger partial charge in [0.1, 0.15) is 5.60 Å². The molecule has 0 bridgehead atoms. The fourth-order valence-electron chi connectivity index (χ4n) is 1.56. The number of carbonyl (C=O) groups excluding carboxylic acids is 1. The highest BCUT2D eigenvalue weighted by Crippen LogP contribution is 2.17. The second kappa shape index (κ2) is 5.71. The molecule has 1 amide bonds. The number of carbonyl (C=O) groups is 1. The SMILES string of the molecule is CCC(NC(=O)OC(C)(C)C)c1ccccc1. The van der Waals surface area contributed by atoms with Crippen molar-refractivity contribution in [1.82, 2.24) is 5.32 Å². The summed E-state index contributed by atoms with van der Waals surface area (Å²) >= 11 is 0. The summed E-state index contributed by atoms with van der Waals surface area (Å²) in [6.45, 7) is 7.61. The van der Waals surface area contributed by atoms with Gasteiger partial charge in [0.25, 0.3) is 0 Å². The number of rotatable bonds is 3. The van der Waals surface area contributed by atoms with Gasteiger partial charge in [-0.3, -0.25) is 0 Å². The normalized spacial score (nSPS) is 12.9. The lowest BCUT2D eigenvalue weighted by Crippen LogP contribution is -2.34. The molecule has 1 N–H and O–H groups in total. The molecule has 0 spiro atoms. The van der Waals surface area contributed by atoms with Gasteiger partial charge in [-0.15, -0.1) is 0 Å². The number of hydrogen-bond acceptors (Lipinski definition) is 2. The second-order valence-corrected chi connectivity index (χ2v) is 5.02. The van der Waals surface area contributed by atoms with Gasteiger partial charge in [0.15, 0.2) is 0 Å². The number of hydrogen-bond donors (Lipinski definition) is 1. The van der Waals surface area contributed by atoms with Crippen molar-refractivity contribution in [2.45, 2.75) is 45.8 Å². The van der Waals surface area contributed by atoms with Crippen molar-refractivity contribution in [3.8, 4) is 0 Å². The van der Waals surface area contributed by atoms with Crippen LogP contribution in [0.4, 0.5) is 4.79 Å². The van der Waals surface area contributed by atoms with Crippen LogP contribution in [0.1, 0.15) is 45.7 Å². The predicted octanol–water partition coefficient (Wildman–Crippen LogP) is 3.66. The zero-order valence-corrected chi connectivity index (χ0v) is 11.0. The fourth-order valence-corrected chi connectivity index (χ4v) is 1.56. The fraction of sp³-hybridized carbons (Fsp3) is 0.500. The van der Waals surface area contributed by atoms with Crippen LogP contribution in [-0.2, 0) is 4.74 Å². The summed E-state index contributed by atoms with van der Waals surface area (Å²) < 4.78 is 5.24. The minimum Gasteiger partial charge on any atom is -0.444 e. The van der Waals surface area contributed by atoms with E-state index in [0.29, 0.717) is 0 Å². The van der Waals surface area contributed by atoms with E-state index in [0.717, 1.165) is 12.0 Å². The highest BCUT2D eigenvalue weighted by Gasteiger charge is 2.19. The Hall–Kier alpha value is -1.51. The van der Waals surface area contributed by atoms with E-state index in [1.54, 1.807) is 0 Å². The van der Waals surface area contributed by atoms with Crippen LogP contribution in [0.3, 0.4) is 0 Å². The van der Waals surface area contributed by atoms with Crippen molar-refractivity contribution in [3.63, 3.8) is 0 Å². The van der Waals surface area contributed by atoms with E-state index < -0.39 is 5.60 Å². The molecule has 0 aliphatic rings. The van der Waals surface area contributed by atoms with Crippen LogP contribution in [0.15, 0.2) is 30.3 Å². The number of amides is 1. The van der Waals surface area contributed by atoms with E-state index in [1.807, 2.05) is 58.0 Å². The smallest absolute Gasteiger partial charge is 0.408 e. The summed E-state index contributed by atoms with van der Waals surface area (Å²) in [6.07, 6.45) is 0.469. The highest BCUT2D eigenvalue weighted by molar-refractivity contribution is 5.68. The molecule has 0 saturated heterocycles. The third-order valence-electron chi connectivity index (χ3n) is 2.30. The van der Waals surface area contributed by atoms with Gasteiger partial charge in [-0.2, -0.15) is 0 Å². The molecule has 0 aliphatic heterocycles. The molecule has 1 aromatic carbocycles. The maximum atomic E-state index is 11.7. The van der Waals surface area contributed by atoms with Gasteiger partial charge >= 0.3 is 6.09 Å². The van der Waals surface area contributed by atoms with Crippen molar-refractivity contribution in [3.05, 3.63) is 35.9 Å². The minimum absolute atomic E-state index is 0.00560. The Morgan fingerprint density at radius 1 is 1.29 bits per heavy atom. The average Bonchev–Trinajstić information content (AvgIpc) is 2.24. The van der Waals surface area contributed by atoms with Crippen molar-refractivity contribution >= 4 is 6.09 Å². The number of benzene rings is 1. The van der Waals surface area contributed by atoms with Crippen LogP contribution < -0.4 is 5.32 Å². The van der Waals surface area contributed by atoms with Gasteiger partial charge in [-0.1, -0.05) is 37.3 Å². The number of nitrogens with one attached hydrogen (secondary N) is 1. The minimum atomic E-state index is -0.459. The molecular formula is C14H21NO2.